The zero-order chi connectivity index (χ0) is 12.9. The maximum Gasteiger partial charge on any atom is 0.214 e. The van der Waals surface area contributed by atoms with E-state index in [0.29, 0.717) is 19.5 Å². The van der Waals surface area contributed by atoms with Crippen LogP contribution in [0.2, 0.25) is 0 Å². The van der Waals surface area contributed by atoms with E-state index in [4.69, 9.17) is 4.74 Å². The van der Waals surface area contributed by atoms with Crippen LogP contribution in [0.3, 0.4) is 0 Å². The van der Waals surface area contributed by atoms with E-state index in [1.54, 1.807) is 4.31 Å². The zero-order valence-corrected chi connectivity index (χ0v) is 11.8. The summed E-state index contributed by atoms with van der Waals surface area (Å²) in [5, 5.41) is 3.02. The molecule has 5 nitrogen and oxygen atoms in total. The molecule has 0 aromatic rings. The first-order valence-corrected chi connectivity index (χ1v) is 7.84. The fourth-order valence-electron chi connectivity index (χ4n) is 2.07. The second kappa shape index (κ2) is 6.68. The summed E-state index contributed by atoms with van der Waals surface area (Å²) in [6.45, 7) is 5.67. The van der Waals surface area contributed by atoms with E-state index in [-0.39, 0.29) is 18.0 Å². The van der Waals surface area contributed by atoms with Crippen molar-refractivity contribution in [2.24, 2.45) is 0 Å². The van der Waals surface area contributed by atoms with Gasteiger partial charge in [0.25, 0.3) is 0 Å². The van der Waals surface area contributed by atoms with E-state index < -0.39 is 10.0 Å². The van der Waals surface area contributed by atoms with Crippen LogP contribution in [0, 0.1) is 0 Å². The highest BCUT2D eigenvalue weighted by Crippen LogP contribution is 2.15. The molecule has 0 bridgehead atoms. The summed E-state index contributed by atoms with van der Waals surface area (Å²) < 4.78 is 31.3. The van der Waals surface area contributed by atoms with Gasteiger partial charge in [0.2, 0.25) is 10.0 Å². The molecule has 17 heavy (non-hydrogen) atoms. The van der Waals surface area contributed by atoms with Gasteiger partial charge in [-0.15, -0.1) is 0 Å². The third-order valence-electron chi connectivity index (χ3n) is 2.86. The number of morpholine rings is 1. The molecule has 1 rings (SSSR count). The molecule has 1 aliphatic heterocycles. The Hall–Kier alpha value is -0.170. The fraction of sp³-hybridized carbons (Fsp3) is 1.00. The van der Waals surface area contributed by atoms with E-state index in [2.05, 4.69) is 5.32 Å². The number of hydrogen-bond donors (Lipinski definition) is 1. The van der Waals surface area contributed by atoms with Gasteiger partial charge in [-0.3, -0.25) is 0 Å². The highest BCUT2D eigenvalue weighted by Gasteiger charge is 2.30. The summed E-state index contributed by atoms with van der Waals surface area (Å²) in [5.41, 5.74) is 0. The van der Waals surface area contributed by atoms with Crippen molar-refractivity contribution in [3.63, 3.8) is 0 Å². The van der Waals surface area contributed by atoms with Gasteiger partial charge in [-0.2, -0.15) is 4.31 Å². The van der Waals surface area contributed by atoms with Crippen molar-refractivity contribution in [2.45, 2.75) is 38.9 Å². The Morgan fingerprint density at radius 3 is 2.35 bits per heavy atom. The quantitative estimate of drug-likeness (QED) is 0.707. The van der Waals surface area contributed by atoms with Crippen LogP contribution in [0.4, 0.5) is 0 Å². The lowest BCUT2D eigenvalue weighted by Crippen LogP contribution is -2.48. The largest absolute Gasteiger partial charge is 0.373 e. The molecule has 1 aliphatic rings. The molecule has 1 N–H and O–H groups in total. The van der Waals surface area contributed by atoms with Crippen LogP contribution in [0.15, 0.2) is 0 Å². The molecule has 0 amide bonds. The number of hydrogen-bond acceptors (Lipinski definition) is 4. The first-order valence-electron chi connectivity index (χ1n) is 6.23. The lowest BCUT2D eigenvalue weighted by molar-refractivity contribution is -0.0440. The normalized spacial score (nSPS) is 27.2. The van der Waals surface area contributed by atoms with Crippen LogP contribution in [-0.4, -0.2) is 57.4 Å². The van der Waals surface area contributed by atoms with Gasteiger partial charge in [0.15, 0.2) is 0 Å². The van der Waals surface area contributed by atoms with Crippen molar-refractivity contribution < 1.29 is 13.2 Å². The fourth-order valence-corrected chi connectivity index (χ4v) is 3.77. The Labute approximate surface area is 105 Å². The van der Waals surface area contributed by atoms with Gasteiger partial charge >= 0.3 is 0 Å². The lowest BCUT2D eigenvalue weighted by Gasteiger charge is -2.34. The molecule has 0 saturated carbocycles. The highest BCUT2D eigenvalue weighted by molar-refractivity contribution is 7.89. The zero-order valence-electron chi connectivity index (χ0n) is 11.0. The second-order valence-electron chi connectivity index (χ2n) is 4.70. The number of unbranched alkanes of at least 4 members (excludes halogenated alkanes) is 1. The number of ether oxygens (including phenoxy) is 1. The maximum atomic E-state index is 12.1. The van der Waals surface area contributed by atoms with Crippen molar-refractivity contribution in [1.82, 2.24) is 9.62 Å². The molecule has 0 aliphatic carbocycles. The molecule has 0 spiro atoms. The summed E-state index contributed by atoms with van der Waals surface area (Å²) in [4.78, 5) is 0. The molecule has 1 heterocycles. The molecule has 6 heteroatoms. The number of nitrogens with one attached hydrogen (secondary N) is 1. The summed E-state index contributed by atoms with van der Waals surface area (Å²) in [6.07, 6.45) is 1.59. The molecule has 0 unspecified atom stereocenters. The van der Waals surface area contributed by atoms with Crippen LogP contribution in [0.1, 0.15) is 26.7 Å². The second-order valence-corrected chi connectivity index (χ2v) is 6.79. The Bertz CT molecular complexity index is 309. The van der Waals surface area contributed by atoms with E-state index >= 15 is 0 Å². The summed E-state index contributed by atoms with van der Waals surface area (Å²) in [6, 6.07) is 0. The van der Waals surface area contributed by atoms with Crippen molar-refractivity contribution in [3.8, 4) is 0 Å². The van der Waals surface area contributed by atoms with Crippen LogP contribution >= 0.6 is 0 Å². The molecular weight excluding hydrogens is 240 g/mol. The molecule has 102 valence electrons. The van der Waals surface area contributed by atoms with Crippen molar-refractivity contribution >= 4 is 10.0 Å². The average Bonchev–Trinajstić information content (AvgIpc) is 2.23. The van der Waals surface area contributed by atoms with Gasteiger partial charge in [-0.1, -0.05) is 0 Å². The first-order chi connectivity index (χ1) is 7.95. The van der Waals surface area contributed by atoms with Gasteiger partial charge in [0, 0.05) is 13.1 Å². The van der Waals surface area contributed by atoms with Gasteiger partial charge in [-0.05, 0) is 40.3 Å². The lowest BCUT2D eigenvalue weighted by atomic mass is 10.3. The molecule has 1 fully saturated rings. The maximum absolute atomic E-state index is 12.1. The van der Waals surface area contributed by atoms with E-state index in [9.17, 15) is 8.42 Å². The van der Waals surface area contributed by atoms with Gasteiger partial charge in [0.1, 0.15) is 0 Å². The predicted octanol–water partition coefficient (Wildman–Crippen LogP) is 0.425. The minimum atomic E-state index is -3.10. The molecule has 2 atom stereocenters. The highest BCUT2D eigenvalue weighted by atomic mass is 32.2. The summed E-state index contributed by atoms with van der Waals surface area (Å²) in [7, 11) is -1.23. The summed E-state index contributed by atoms with van der Waals surface area (Å²) in [5.74, 6) is 0.244. The van der Waals surface area contributed by atoms with Crippen molar-refractivity contribution in [1.29, 1.82) is 0 Å². The summed E-state index contributed by atoms with van der Waals surface area (Å²) >= 11 is 0. The van der Waals surface area contributed by atoms with Crippen molar-refractivity contribution in [3.05, 3.63) is 0 Å². The SMILES string of the molecule is CNCCCCS(=O)(=O)N1C[C@@H](C)O[C@@H](C)C1. The predicted molar refractivity (Wildman–Crippen MR) is 68.5 cm³/mol. The third kappa shape index (κ3) is 4.91. The van der Waals surface area contributed by atoms with Crippen LogP contribution in [0.25, 0.3) is 0 Å². The topological polar surface area (TPSA) is 58.6 Å². The average molecular weight is 264 g/mol. The van der Waals surface area contributed by atoms with Gasteiger partial charge in [0.05, 0.1) is 18.0 Å². The van der Waals surface area contributed by atoms with E-state index in [1.165, 1.54) is 0 Å². The number of rotatable bonds is 6. The molecule has 0 aromatic carbocycles. The van der Waals surface area contributed by atoms with Crippen LogP contribution in [0.5, 0.6) is 0 Å². The third-order valence-corrected chi connectivity index (χ3v) is 4.75. The molecule has 0 aromatic heterocycles. The molecule has 0 radical (unpaired) electrons. The molecular formula is C11H24N2O3S. The van der Waals surface area contributed by atoms with E-state index in [1.807, 2.05) is 20.9 Å². The van der Waals surface area contributed by atoms with E-state index in [0.717, 1.165) is 13.0 Å². The molecule has 1 saturated heterocycles. The van der Waals surface area contributed by atoms with Gasteiger partial charge < -0.3 is 10.1 Å². The minimum Gasteiger partial charge on any atom is -0.373 e. The van der Waals surface area contributed by atoms with Crippen molar-refractivity contribution in [2.75, 3.05) is 32.4 Å². The Morgan fingerprint density at radius 2 is 1.82 bits per heavy atom. The standard InChI is InChI=1S/C11H24N2O3S/c1-10-8-13(9-11(2)16-10)17(14,15)7-5-4-6-12-3/h10-12H,4-9H2,1-3H3/t10-,11+. The van der Waals surface area contributed by atoms with Crippen LogP contribution < -0.4 is 5.32 Å². The smallest absolute Gasteiger partial charge is 0.214 e. The monoisotopic (exact) mass is 264 g/mol. The first kappa shape index (κ1) is 14.9. The number of sulfonamides is 1. The van der Waals surface area contributed by atoms with Gasteiger partial charge in [-0.25, -0.2) is 8.42 Å². The number of nitrogens with zero attached hydrogens (tertiary/aromatic N) is 1. The Morgan fingerprint density at radius 1 is 1.24 bits per heavy atom. The Kier molecular flexibility index (Phi) is 5.85. The minimum absolute atomic E-state index is 0.00849. The Balaban J connectivity index is 2.45. The van der Waals surface area contributed by atoms with Crippen LogP contribution in [-0.2, 0) is 14.8 Å².